The molecular formula is C9H12N2OS. The van der Waals surface area contributed by atoms with Gasteiger partial charge < -0.3 is 4.90 Å². The Hall–Kier alpha value is -0.870. The van der Waals surface area contributed by atoms with Crippen LogP contribution in [0.3, 0.4) is 0 Å². The van der Waals surface area contributed by atoms with Gasteiger partial charge in [0.15, 0.2) is 0 Å². The van der Waals surface area contributed by atoms with E-state index in [1.165, 1.54) is 5.56 Å². The largest absolute Gasteiger partial charge is 0.322 e. The molecule has 1 aromatic heterocycles. The molecule has 0 bridgehead atoms. The number of carbonyl (C=O) groups excluding carboxylic acids is 1. The summed E-state index contributed by atoms with van der Waals surface area (Å²) in [5.74, 6) is 0.193. The Morgan fingerprint density at radius 2 is 2.62 bits per heavy atom. The first-order valence-electron chi connectivity index (χ1n) is 4.38. The molecule has 0 aliphatic carbocycles. The van der Waals surface area contributed by atoms with E-state index in [0.29, 0.717) is 6.54 Å². The minimum atomic E-state index is 0.101. The molecular weight excluding hydrogens is 184 g/mol. The molecule has 0 saturated carbocycles. The minimum Gasteiger partial charge on any atom is -0.322 e. The maximum Gasteiger partial charge on any atom is 0.238 e. The summed E-state index contributed by atoms with van der Waals surface area (Å²) < 4.78 is 0. The zero-order valence-corrected chi connectivity index (χ0v) is 8.30. The Bertz CT molecular complexity index is 297. The van der Waals surface area contributed by atoms with Crippen molar-refractivity contribution in [2.24, 2.45) is 0 Å². The summed E-state index contributed by atoms with van der Waals surface area (Å²) >= 11 is 1.66. The van der Waals surface area contributed by atoms with Crippen LogP contribution in [-0.4, -0.2) is 23.9 Å². The molecule has 1 amide bonds. The van der Waals surface area contributed by atoms with E-state index >= 15 is 0 Å². The van der Waals surface area contributed by atoms with Gasteiger partial charge in [-0.2, -0.15) is 11.3 Å². The van der Waals surface area contributed by atoms with Crippen molar-refractivity contribution in [2.45, 2.75) is 13.1 Å². The average Bonchev–Trinajstić information content (AvgIpc) is 2.71. The van der Waals surface area contributed by atoms with Crippen molar-refractivity contribution in [1.82, 2.24) is 10.2 Å². The number of carbonyl (C=O) groups is 1. The first-order chi connectivity index (χ1) is 6.33. The van der Waals surface area contributed by atoms with Crippen LogP contribution in [-0.2, 0) is 4.79 Å². The summed E-state index contributed by atoms with van der Waals surface area (Å²) in [6.45, 7) is 3.24. The van der Waals surface area contributed by atoms with Crippen LogP contribution in [0.2, 0.25) is 0 Å². The monoisotopic (exact) mass is 196 g/mol. The molecule has 0 spiro atoms. The van der Waals surface area contributed by atoms with Crippen molar-refractivity contribution in [3.63, 3.8) is 0 Å². The normalized spacial score (nSPS) is 22.7. The maximum atomic E-state index is 11.4. The van der Waals surface area contributed by atoms with Crippen LogP contribution in [0, 0.1) is 0 Å². The molecule has 1 atom stereocenters. The maximum absolute atomic E-state index is 11.4. The molecule has 1 saturated heterocycles. The number of hydrogen-bond donors (Lipinski definition) is 1. The SMILES string of the molecule is CCN1C(=O)CNC1c1ccsc1. The number of thiophene rings is 1. The van der Waals surface area contributed by atoms with Gasteiger partial charge in [0.1, 0.15) is 6.17 Å². The predicted octanol–water partition coefficient (Wildman–Crippen LogP) is 1.20. The standard InChI is InChI=1S/C9H12N2OS/c1-2-11-8(12)5-10-9(11)7-3-4-13-6-7/h3-4,6,9-10H,2,5H2,1H3. The fourth-order valence-electron chi connectivity index (χ4n) is 1.63. The lowest BCUT2D eigenvalue weighted by molar-refractivity contribution is -0.127. The molecule has 2 heterocycles. The van der Waals surface area contributed by atoms with Crippen LogP contribution in [0.4, 0.5) is 0 Å². The van der Waals surface area contributed by atoms with E-state index in [2.05, 4.69) is 16.8 Å². The third-order valence-corrected chi connectivity index (χ3v) is 2.98. The van der Waals surface area contributed by atoms with E-state index in [1.54, 1.807) is 11.3 Å². The van der Waals surface area contributed by atoms with E-state index in [-0.39, 0.29) is 12.1 Å². The second-order valence-electron chi connectivity index (χ2n) is 3.02. The van der Waals surface area contributed by atoms with Crippen molar-refractivity contribution in [1.29, 1.82) is 0 Å². The molecule has 4 heteroatoms. The number of nitrogens with one attached hydrogen (secondary N) is 1. The zero-order chi connectivity index (χ0) is 9.26. The van der Waals surface area contributed by atoms with Gasteiger partial charge in [-0.15, -0.1) is 0 Å². The molecule has 1 aliphatic rings. The third-order valence-electron chi connectivity index (χ3n) is 2.28. The van der Waals surface area contributed by atoms with Crippen LogP contribution in [0.5, 0.6) is 0 Å². The Morgan fingerprint density at radius 1 is 1.77 bits per heavy atom. The average molecular weight is 196 g/mol. The molecule has 70 valence electrons. The van der Waals surface area contributed by atoms with Gasteiger partial charge in [-0.1, -0.05) is 0 Å². The molecule has 3 nitrogen and oxygen atoms in total. The lowest BCUT2D eigenvalue weighted by atomic mass is 10.2. The minimum absolute atomic E-state index is 0.101. The summed E-state index contributed by atoms with van der Waals surface area (Å²) in [4.78, 5) is 13.2. The molecule has 2 rings (SSSR count). The second kappa shape index (κ2) is 3.47. The third kappa shape index (κ3) is 1.47. The Balaban J connectivity index is 2.21. The van der Waals surface area contributed by atoms with Crippen molar-refractivity contribution in [3.8, 4) is 0 Å². The summed E-state index contributed by atoms with van der Waals surface area (Å²) in [6, 6.07) is 2.06. The van der Waals surface area contributed by atoms with Crippen molar-refractivity contribution in [3.05, 3.63) is 22.4 Å². The molecule has 1 fully saturated rings. The van der Waals surface area contributed by atoms with Crippen LogP contribution < -0.4 is 5.32 Å². The summed E-state index contributed by atoms with van der Waals surface area (Å²) in [5.41, 5.74) is 1.19. The lowest BCUT2D eigenvalue weighted by Gasteiger charge is -2.21. The van der Waals surface area contributed by atoms with Gasteiger partial charge >= 0.3 is 0 Å². The predicted molar refractivity (Wildman–Crippen MR) is 52.4 cm³/mol. The second-order valence-corrected chi connectivity index (χ2v) is 3.80. The first kappa shape index (κ1) is 8.72. The highest BCUT2D eigenvalue weighted by Crippen LogP contribution is 2.23. The molecule has 1 aliphatic heterocycles. The number of hydrogen-bond acceptors (Lipinski definition) is 3. The highest BCUT2D eigenvalue weighted by molar-refractivity contribution is 7.07. The van der Waals surface area contributed by atoms with E-state index in [0.717, 1.165) is 6.54 Å². The fourth-order valence-corrected chi connectivity index (χ4v) is 2.31. The molecule has 13 heavy (non-hydrogen) atoms. The first-order valence-corrected chi connectivity index (χ1v) is 5.32. The van der Waals surface area contributed by atoms with Gasteiger partial charge in [-0.3, -0.25) is 10.1 Å². The molecule has 1 N–H and O–H groups in total. The Kier molecular flexibility index (Phi) is 2.33. The van der Waals surface area contributed by atoms with Gasteiger partial charge in [0.25, 0.3) is 0 Å². The van der Waals surface area contributed by atoms with Gasteiger partial charge in [0.05, 0.1) is 6.54 Å². The smallest absolute Gasteiger partial charge is 0.238 e. The van der Waals surface area contributed by atoms with E-state index in [4.69, 9.17) is 0 Å². The summed E-state index contributed by atoms with van der Waals surface area (Å²) in [5, 5.41) is 7.31. The lowest BCUT2D eigenvalue weighted by Crippen LogP contribution is -2.29. The number of amides is 1. The highest BCUT2D eigenvalue weighted by Gasteiger charge is 2.29. The van der Waals surface area contributed by atoms with Gasteiger partial charge in [0.2, 0.25) is 5.91 Å². The molecule has 0 aromatic carbocycles. The Labute approximate surface area is 81.4 Å². The van der Waals surface area contributed by atoms with Gasteiger partial charge in [-0.25, -0.2) is 0 Å². The summed E-state index contributed by atoms with van der Waals surface area (Å²) in [7, 11) is 0. The number of nitrogens with zero attached hydrogens (tertiary/aromatic N) is 1. The summed E-state index contributed by atoms with van der Waals surface area (Å²) in [6.07, 6.45) is 0.101. The van der Waals surface area contributed by atoms with Gasteiger partial charge in [-0.05, 0) is 29.3 Å². The van der Waals surface area contributed by atoms with E-state index in [1.807, 2.05) is 17.2 Å². The van der Waals surface area contributed by atoms with E-state index in [9.17, 15) is 4.79 Å². The highest BCUT2D eigenvalue weighted by atomic mass is 32.1. The van der Waals surface area contributed by atoms with Crippen molar-refractivity contribution in [2.75, 3.05) is 13.1 Å². The van der Waals surface area contributed by atoms with Crippen molar-refractivity contribution >= 4 is 17.2 Å². The van der Waals surface area contributed by atoms with Crippen LogP contribution >= 0.6 is 11.3 Å². The molecule has 0 radical (unpaired) electrons. The Morgan fingerprint density at radius 3 is 3.23 bits per heavy atom. The van der Waals surface area contributed by atoms with Gasteiger partial charge in [0, 0.05) is 6.54 Å². The number of rotatable bonds is 2. The topological polar surface area (TPSA) is 32.3 Å². The fraction of sp³-hybridized carbons (Fsp3) is 0.444. The van der Waals surface area contributed by atoms with E-state index < -0.39 is 0 Å². The molecule has 1 aromatic rings. The number of likely N-dealkylation sites (N-methyl/N-ethyl adjacent to an activating group) is 1. The van der Waals surface area contributed by atoms with Crippen molar-refractivity contribution < 1.29 is 4.79 Å². The zero-order valence-electron chi connectivity index (χ0n) is 7.49. The molecule has 1 unspecified atom stereocenters. The van der Waals surface area contributed by atoms with Crippen LogP contribution in [0.1, 0.15) is 18.7 Å². The quantitative estimate of drug-likeness (QED) is 0.771. The van der Waals surface area contributed by atoms with Crippen LogP contribution in [0.15, 0.2) is 16.8 Å². The van der Waals surface area contributed by atoms with Crippen LogP contribution in [0.25, 0.3) is 0 Å².